The molecule has 0 aliphatic carbocycles. The van der Waals surface area contributed by atoms with Crippen molar-refractivity contribution in [1.82, 2.24) is 15.8 Å². The van der Waals surface area contributed by atoms with E-state index < -0.39 is 11.8 Å². The topological polar surface area (TPSA) is 80.3 Å². The third kappa shape index (κ3) is 4.77. The summed E-state index contributed by atoms with van der Waals surface area (Å²) in [6.07, 6.45) is 1.49. The molecule has 108 valence electrons. The Bertz CT molecular complexity index is 617. The maximum atomic E-state index is 11.6. The predicted molar refractivity (Wildman–Crippen MR) is 76.8 cm³/mol. The molecule has 1 aromatic heterocycles. The van der Waals surface area contributed by atoms with Crippen LogP contribution in [0.2, 0.25) is 5.02 Å². The average molecular weight is 306 g/mol. The van der Waals surface area contributed by atoms with E-state index in [0.717, 1.165) is 0 Å². The molecule has 0 aliphatic rings. The van der Waals surface area contributed by atoms with Crippen LogP contribution in [0.4, 0.5) is 0 Å². The highest BCUT2D eigenvalue weighted by atomic mass is 35.5. The van der Waals surface area contributed by atoms with E-state index in [1.807, 2.05) is 0 Å². The van der Waals surface area contributed by atoms with Crippen LogP contribution in [-0.4, -0.2) is 23.4 Å². The highest BCUT2D eigenvalue weighted by Crippen LogP contribution is 2.15. The first-order valence-electron chi connectivity index (χ1n) is 6.04. The number of ether oxygens (including phenoxy) is 1. The lowest BCUT2D eigenvalue weighted by atomic mass is 10.3. The highest BCUT2D eigenvalue weighted by molar-refractivity contribution is 6.30. The molecule has 2 N–H and O–H groups in total. The molecule has 0 unspecified atom stereocenters. The van der Waals surface area contributed by atoms with Crippen molar-refractivity contribution in [3.63, 3.8) is 0 Å². The molecule has 2 aromatic rings. The van der Waals surface area contributed by atoms with Crippen molar-refractivity contribution in [3.8, 4) is 5.75 Å². The number of aromatic nitrogens is 1. The zero-order valence-corrected chi connectivity index (χ0v) is 11.6. The maximum Gasteiger partial charge on any atom is 0.288 e. The number of pyridine rings is 1. The summed E-state index contributed by atoms with van der Waals surface area (Å²) in [5.41, 5.74) is 4.68. The quantitative estimate of drug-likeness (QED) is 0.840. The van der Waals surface area contributed by atoms with Gasteiger partial charge in [0.25, 0.3) is 11.8 Å². The molecule has 2 rings (SSSR count). The summed E-state index contributed by atoms with van der Waals surface area (Å²) in [6, 6.07) is 11.5. The molecule has 1 heterocycles. The van der Waals surface area contributed by atoms with Gasteiger partial charge in [-0.3, -0.25) is 25.4 Å². The zero-order chi connectivity index (χ0) is 15.1. The molecular weight excluding hydrogens is 294 g/mol. The standard InChI is InChI=1S/C14H12ClN3O3/c15-10-4-6-11(7-5-10)21-9-13(19)17-18-14(20)12-3-1-2-8-16-12/h1-8H,9H2,(H,17,19)(H,18,20). The normalized spacial score (nSPS) is 9.76. The lowest BCUT2D eigenvalue weighted by Gasteiger charge is -2.08. The van der Waals surface area contributed by atoms with Crippen LogP contribution in [0, 0.1) is 0 Å². The molecule has 6 nitrogen and oxygen atoms in total. The van der Waals surface area contributed by atoms with Gasteiger partial charge < -0.3 is 4.74 Å². The van der Waals surface area contributed by atoms with Crippen molar-refractivity contribution in [2.75, 3.05) is 6.61 Å². The second-order valence-electron chi connectivity index (χ2n) is 3.96. The number of carbonyl (C=O) groups is 2. The smallest absolute Gasteiger partial charge is 0.288 e. The van der Waals surface area contributed by atoms with E-state index >= 15 is 0 Å². The fraction of sp³-hybridized carbons (Fsp3) is 0.0714. The third-order valence-corrected chi connectivity index (χ3v) is 2.65. The van der Waals surface area contributed by atoms with E-state index in [2.05, 4.69) is 15.8 Å². The molecule has 0 saturated heterocycles. The van der Waals surface area contributed by atoms with E-state index in [9.17, 15) is 9.59 Å². The lowest BCUT2D eigenvalue weighted by molar-refractivity contribution is -0.123. The van der Waals surface area contributed by atoms with Crippen LogP contribution in [0.15, 0.2) is 48.7 Å². The summed E-state index contributed by atoms with van der Waals surface area (Å²) in [5.74, 6) is -0.490. The van der Waals surface area contributed by atoms with Crippen molar-refractivity contribution >= 4 is 23.4 Å². The van der Waals surface area contributed by atoms with Crippen LogP contribution in [0.3, 0.4) is 0 Å². The third-order valence-electron chi connectivity index (χ3n) is 2.40. The van der Waals surface area contributed by atoms with Crippen molar-refractivity contribution in [3.05, 3.63) is 59.4 Å². The fourth-order valence-electron chi connectivity index (χ4n) is 1.40. The summed E-state index contributed by atoms with van der Waals surface area (Å²) in [5, 5.41) is 0.578. The zero-order valence-electron chi connectivity index (χ0n) is 10.9. The fourth-order valence-corrected chi connectivity index (χ4v) is 1.53. The van der Waals surface area contributed by atoms with Crippen molar-refractivity contribution in [2.24, 2.45) is 0 Å². The van der Waals surface area contributed by atoms with E-state index in [4.69, 9.17) is 16.3 Å². The van der Waals surface area contributed by atoms with Gasteiger partial charge in [-0.25, -0.2) is 0 Å². The molecule has 0 atom stereocenters. The molecule has 1 aromatic carbocycles. The van der Waals surface area contributed by atoms with Crippen LogP contribution in [0.5, 0.6) is 5.75 Å². The Labute approximate surface area is 126 Å². The molecule has 21 heavy (non-hydrogen) atoms. The predicted octanol–water partition coefficient (Wildman–Crippen LogP) is 1.57. The lowest BCUT2D eigenvalue weighted by Crippen LogP contribution is -2.44. The van der Waals surface area contributed by atoms with Gasteiger partial charge in [-0.15, -0.1) is 0 Å². The molecule has 7 heteroatoms. The second-order valence-corrected chi connectivity index (χ2v) is 4.40. The van der Waals surface area contributed by atoms with Gasteiger partial charge in [0.2, 0.25) is 0 Å². The number of nitrogens with one attached hydrogen (secondary N) is 2. The number of hydrogen-bond donors (Lipinski definition) is 2. The molecule has 2 amide bonds. The highest BCUT2D eigenvalue weighted by Gasteiger charge is 2.08. The number of carbonyl (C=O) groups excluding carboxylic acids is 2. The minimum Gasteiger partial charge on any atom is -0.484 e. The van der Waals surface area contributed by atoms with Gasteiger partial charge in [-0.2, -0.15) is 0 Å². The molecule has 0 aliphatic heterocycles. The van der Waals surface area contributed by atoms with Crippen molar-refractivity contribution < 1.29 is 14.3 Å². The number of benzene rings is 1. The molecule has 0 fully saturated rings. The summed E-state index contributed by atoms with van der Waals surface area (Å²) >= 11 is 5.73. The first kappa shape index (κ1) is 14.8. The Morgan fingerprint density at radius 1 is 1.10 bits per heavy atom. The summed E-state index contributed by atoms with van der Waals surface area (Å²) in [7, 11) is 0. The molecule has 0 radical (unpaired) electrons. The average Bonchev–Trinajstić information content (AvgIpc) is 2.53. The number of rotatable bonds is 4. The van der Waals surface area contributed by atoms with Crippen LogP contribution >= 0.6 is 11.6 Å². The maximum absolute atomic E-state index is 11.6. The molecule has 0 spiro atoms. The molecule has 0 bridgehead atoms. The Kier molecular flexibility index (Phi) is 5.11. The Morgan fingerprint density at radius 3 is 2.52 bits per heavy atom. The summed E-state index contributed by atoms with van der Waals surface area (Å²) in [6.45, 7) is -0.232. The van der Waals surface area contributed by atoms with Gasteiger partial charge in [-0.05, 0) is 36.4 Å². The van der Waals surface area contributed by atoms with Gasteiger partial charge in [0.05, 0.1) is 0 Å². The Morgan fingerprint density at radius 2 is 1.86 bits per heavy atom. The SMILES string of the molecule is O=C(COc1ccc(Cl)cc1)NNC(=O)c1ccccn1. The van der Waals surface area contributed by atoms with Crippen LogP contribution in [0.25, 0.3) is 0 Å². The summed E-state index contributed by atoms with van der Waals surface area (Å²) in [4.78, 5) is 27.0. The van der Waals surface area contributed by atoms with E-state index in [1.54, 1.807) is 36.4 Å². The van der Waals surface area contributed by atoms with E-state index in [0.29, 0.717) is 10.8 Å². The van der Waals surface area contributed by atoms with Crippen LogP contribution < -0.4 is 15.6 Å². The van der Waals surface area contributed by atoms with Gasteiger partial charge in [0.1, 0.15) is 11.4 Å². The van der Waals surface area contributed by atoms with Crippen molar-refractivity contribution in [1.29, 1.82) is 0 Å². The van der Waals surface area contributed by atoms with E-state index in [1.165, 1.54) is 12.3 Å². The van der Waals surface area contributed by atoms with Gasteiger partial charge in [-0.1, -0.05) is 17.7 Å². The van der Waals surface area contributed by atoms with Crippen molar-refractivity contribution in [2.45, 2.75) is 0 Å². The monoisotopic (exact) mass is 305 g/mol. The van der Waals surface area contributed by atoms with Gasteiger partial charge >= 0.3 is 0 Å². The molecular formula is C14H12ClN3O3. The number of amides is 2. The number of hydrogen-bond acceptors (Lipinski definition) is 4. The number of halogens is 1. The van der Waals surface area contributed by atoms with Gasteiger partial charge in [0.15, 0.2) is 6.61 Å². The summed E-state index contributed by atoms with van der Waals surface area (Å²) < 4.78 is 5.22. The minimum absolute atomic E-state index is 0.205. The largest absolute Gasteiger partial charge is 0.484 e. The van der Waals surface area contributed by atoms with Gasteiger partial charge in [0, 0.05) is 11.2 Å². The van der Waals surface area contributed by atoms with Crippen LogP contribution in [0.1, 0.15) is 10.5 Å². The number of nitrogens with zero attached hydrogens (tertiary/aromatic N) is 1. The minimum atomic E-state index is -0.504. The first-order valence-corrected chi connectivity index (χ1v) is 6.41. The Hall–Kier alpha value is -2.60. The van der Waals surface area contributed by atoms with E-state index in [-0.39, 0.29) is 12.3 Å². The number of hydrazine groups is 1. The molecule has 0 saturated carbocycles. The first-order chi connectivity index (χ1) is 10.1. The van der Waals surface area contributed by atoms with Crippen LogP contribution in [-0.2, 0) is 4.79 Å². The Balaban J connectivity index is 1.75. The second kappa shape index (κ2) is 7.25.